The van der Waals surface area contributed by atoms with Gasteiger partial charge in [-0.05, 0) is 31.6 Å². The molecule has 0 fully saturated rings. The van der Waals surface area contributed by atoms with Gasteiger partial charge in [0.05, 0.1) is 26.4 Å². The molecular formula is C88H172O17P2. The van der Waals surface area contributed by atoms with Crippen LogP contribution in [0.3, 0.4) is 0 Å². The average molecular weight is 1560 g/mol. The van der Waals surface area contributed by atoms with Crippen molar-refractivity contribution in [3.05, 3.63) is 0 Å². The van der Waals surface area contributed by atoms with Gasteiger partial charge in [-0.2, -0.15) is 0 Å². The Kier molecular flexibility index (Phi) is 79.2. The number of esters is 4. The quantitative estimate of drug-likeness (QED) is 0.0222. The van der Waals surface area contributed by atoms with Crippen molar-refractivity contribution < 1.29 is 80.2 Å². The van der Waals surface area contributed by atoms with Gasteiger partial charge in [0.25, 0.3) is 0 Å². The minimum atomic E-state index is -4.97. The largest absolute Gasteiger partial charge is 0.472 e. The summed E-state index contributed by atoms with van der Waals surface area (Å²) in [5, 5.41) is 10.7. The lowest BCUT2D eigenvalue weighted by atomic mass is 10.0. The van der Waals surface area contributed by atoms with Crippen LogP contribution in [0.15, 0.2) is 0 Å². The molecular weight excluding hydrogens is 1390 g/mol. The highest BCUT2D eigenvalue weighted by molar-refractivity contribution is 7.47. The third-order valence-electron chi connectivity index (χ3n) is 20.8. The van der Waals surface area contributed by atoms with E-state index in [0.717, 1.165) is 96.3 Å². The molecule has 0 radical (unpaired) electrons. The van der Waals surface area contributed by atoms with Gasteiger partial charge >= 0.3 is 39.5 Å². The molecule has 0 aromatic heterocycles. The first-order chi connectivity index (χ1) is 52.0. The summed E-state index contributed by atoms with van der Waals surface area (Å²) in [4.78, 5) is 73.2. The van der Waals surface area contributed by atoms with Crippen LogP contribution in [0.25, 0.3) is 0 Å². The molecule has 0 bridgehead atoms. The molecule has 0 saturated heterocycles. The molecule has 0 aliphatic carbocycles. The second-order valence-electron chi connectivity index (χ2n) is 32.1. The molecule has 0 rings (SSSR count). The first-order valence-electron chi connectivity index (χ1n) is 45.6. The Morgan fingerprint density at radius 1 is 0.252 bits per heavy atom. The Morgan fingerprint density at radius 3 is 0.636 bits per heavy atom. The smallest absolute Gasteiger partial charge is 0.462 e. The van der Waals surface area contributed by atoms with Crippen LogP contribution >= 0.6 is 15.6 Å². The highest BCUT2D eigenvalue weighted by Crippen LogP contribution is 2.45. The molecule has 19 heteroatoms. The number of phosphoric acid groups is 2. The maximum Gasteiger partial charge on any atom is 0.472 e. The Labute approximate surface area is 658 Å². The predicted octanol–water partition coefficient (Wildman–Crippen LogP) is 27.2. The van der Waals surface area contributed by atoms with Gasteiger partial charge in [0, 0.05) is 25.7 Å². The van der Waals surface area contributed by atoms with Crippen molar-refractivity contribution in [3.8, 4) is 0 Å². The van der Waals surface area contributed by atoms with Gasteiger partial charge in [-0.3, -0.25) is 37.3 Å². The summed E-state index contributed by atoms with van der Waals surface area (Å²) in [6.07, 6.45) is 75.3. The number of hydrogen-bond acceptors (Lipinski definition) is 15. The maximum atomic E-state index is 13.2. The van der Waals surface area contributed by atoms with Crippen LogP contribution in [0.4, 0.5) is 0 Å². The summed E-state index contributed by atoms with van der Waals surface area (Å²) in [5.41, 5.74) is 0. The fourth-order valence-corrected chi connectivity index (χ4v) is 15.4. The molecule has 0 saturated carbocycles. The van der Waals surface area contributed by atoms with E-state index in [9.17, 15) is 43.2 Å². The van der Waals surface area contributed by atoms with E-state index >= 15 is 0 Å². The van der Waals surface area contributed by atoms with Gasteiger partial charge in [-0.25, -0.2) is 9.13 Å². The van der Waals surface area contributed by atoms with Crippen LogP contribution < -0.4 is 0 Å². The van der Waals surface area contributed by atoms with Crippen molar-refractivity contribution in [2.75, 3.05) is 39.6 Å². The summed E-state index contributed by atoms with van der Waals surface area (Å²) >= 11 is 0. The summed E-state index contributed by atoms with van der Waals surface area (Å²) in [6, 6.07) is 0. The van der Waals surface area contributed by atoms with Crippen LogP contribution in [0, 0.1) is 5.92 Å². The number of phosphoric ester groups is 2. The normalized spacial score (nSPS) is 13.7. The fraction of sp³-hybridized carbons (Fsp3) is 0.955. The Hall–Kier alpha value is -1.94. The van der Waals surface area contributed by atoms with Gasteiger partial charge in [0.1, 0.15) is 19.3 Å². The number of hydrogen-bond donors (Lipinski definition) is 3. The standard InChI is InChI=1S/C88H172O17P2/c1-6-9-12-15-18-21-24-27-30-33-36-37-38-39-42-45-48-51-54-57-64-68-73-87(92)104-83(77-98-85(90)71-66-61-55-52-49-46-43-40-34-31-28-25-22-19-16-13-10-7-2)79-102-106(94,95)100-75-82(89)76-101-107(96,97)103-80-84(78-99-86(91)72-67-62-59-58-60-65-70-81(4)5)105-88(93)74-69-63-56-53-50-47-44-41-35-32-29-26-23-20-17-14-11-8-3/h81-84,89H,6-80H2,1-5H3,(H,94,95)(H,96,97)/t82-,83-,84-/m1/s1. The van der Waals surface area contributed by atoms with Crippen molar-refractivity contribution in [1.82, 2.24) is 0 Å². The Bertz CT molecular complexity index is 2030. The highest BCUT2D eigenvalue weighted by Gasteiger charge is 2.30. The molecule has 636 valence electrons. The van der Waals surface area contributed by atoms with Gasteiger partial charge < -0.3 is 33.8 Å². The summed E-state index contributed by atoms with van der Waals surface area (Å²) in [6.45, 7) is 7.29. The van der Waals surface area contributed by atoms with Gasteiger partial charge in [-0.1, -0.05) is 426 Å². The minimum absolute atomic E-state index is 0.108. The Morgan fingerprint density at radius 2 is 0.430 bits per heavy atom. The number of rotatable bonds is 88. The lowest BCUT2D eigenvalue weighted by molar-refractivity contribution is -0.161. The van der Waals surface area contributed by atoms with Crippen LogP contribution in [0.5, 0.6) is 0 Å². The number of carbonyl (C=O) groups excluding carboxylic acids is 4. The van der Waals surface area contributed by atoms with Crippen LogP contribution in [-0.2, 0) is 65.4 Å². The summed E-state index contributed by atoms with van der Waals surface area (Å²) in [5.74, 6) is -1.42. The van der Waals surface area contributed by atoms with Crippen molar-refractivity contribution in [3.63, 3.8) is 0 Å². The predicted molar refractivity (Wildman–Crippen MR) is 442 cm³/mol. The lowest BCUT2D eigenvalue weighted by Crippen LogP contribution is -2.30. The topological polar surface area (TPSA) is 237 Å². The fourth-order valence-electron chi connectivity index (χ4n) is 13.8. The molecule has 0 amide bonds. The molecule has 2 unspecified atom stereocenters. The number of aliphatic hydroxyl groups is 1. The van der Waals surface area contributed by atoms with Crippen molar-refractivity contribution >= 4 is 39.5 Å². The van der Waals surface area contributed by atoms with Crippen molar-refractivity contribution in [2.24, 2.45) is 5.92 Å². The third-order valence-corrected chi connectivity index (χ3v) is 22.7. The Balaban J connectivity index is 5.19. The van der Waals surface area contributed by atoms with E-state index in [2.05, 4.69) is 34.6 Å². The zero-order chi connectivity index (χ0) is 78.3. The van der Waals surface area contributed by atoms with E-state index in [0.29, 0.717) is 31.6 Å². The monoisotopic (exact) mass is 1560 g/mol. The van der Waals surface area contributed by atoms with Crippen LogP contribution in [-0.4, -0.2) is 96.7 Å². The molecule has 107 heavy (non-hydrogen) atoms. The number of unbranched alkanes of at least 4 members (excludes halogenated alkanes) is 60. The van der Waals surface area contributed by atoms with Gasteiger partial charge in [0.2, 0.25) is 0 Å². The molecule has 0 aliphatic rings. The third kappa shape index (κ3) is 81.9. The van der Waals surface area contributed by atoms with E-state index in [1.807, 2.05) is 0 Å². The van der Waals surface area contributed by atoms with Crippen molar-refractivity contribution in [1.29, 1.82) is 0 Å². The molecule has 17 nitrogen and oxygen atoms in total. The molecule has 0 heterocycles. The van der Waals surface area contributed by atoms with E-state index in [1.54, 1.807) is 0 Å². The van der Waals surface area contributed by atoms with Gasteiger partial charge in [-0.15, -0.1) is 0 Å². The zero-order valence-electron chi connectivity index (χ0n) is 70.3. The van der Waals surface area contributed by atoms with Crippen LogP contribution in [0.2, 0.25) is 0 Å². The summed E-state index contributed by atoms with van der Waals surface area (Å²) in [7, 11) is -9.93. The molecule has 0 aromatic carbocycles. The summed E-state index contributed by atoms with van der Waals surface area (Å²) < 4.78 is 68.9. The van der Waals surface area contributed by atoms with Crippen molar-refractivity contribution in [2.45, 2.75) is 496 Å². The highest BCUT2D eigenvalue weighted by atomic mass is 31.2. The molecule has 0 aromatic rings. The molecule has 5 atom stereocenters. The molecule has 0 spiro atoms. The first-order valence-corrected chi connectivity index (χ1v) is 48.6. The van der Waals surface area contributed by atoms with E-state index in [4.69, 9.17) is 37.0 Å². The van der Waals surface area contributed by atoms with Gasteiger partial charge in [0.15, 0.2) is 12.2 Å². The second-order valence-corrected chi connectivity index (χ2v) is 35.0. The minimum Gasteiger partial charge on any atom is -0.462 e. The second kappa shape index (κ2) is 80.7. The number of carbonyl (C=O) groups is 4. The van der Waals surface area contributed by atoms with Crippen LogP contribution in [0.1, 0.15) is 478 Å². The lowest BCUT2D eigenvalue weighted by Gasteiger charge is -2.21. The van der Waals surface area contributed by atoms with E-state index in [1.165, 1.54) is 295 Å². The van der Waals surface area contributed by atoms with E-state index < -0.39 is 97.5 Å². The average Bonchev–Trinajstić information content (AvgIpc) is 0.903. The number of ether oxygens (including phenoxy) is 4. The zero-order valence-corrected chi connectivity index (χ0v) is 72.1. The molecule has 3 N–H and O–H groups in total. The number of aliphatic hydroxyl groups excluding tert-OH is 1. The SMILES string of the molecule is CCCCCCCCCCCCCCCCCCCCCCCCC(=O)O[C@H](COC(=O)CCCCCCCCCCCCCCCCCCCC)COP(=O)(O)OC[C@@H](O)COP(=O)(O)OC[C@@H](COC(=O)CCCCCCCCC(C)C)OC(=O)CCCCCCCCCCCCCCCCCCCC. The maximum absolute atomic E-state index is 13.2. The van der Waals surface area contributed by atoms with E-state index in [-0.39, 0.29) is 25.7 Å². The first kappa shape index (κ1) is 105. The molecule has 0 aliphatic heterocycles.